The van der Waals surface area contributed by atoms with Crippen LogP contribution in [-0.4, -0.2) is 12.7 Å². The van der Waals surface area contributed by atoms with E-state index in [1.807, 2.05) is 0 Å². The lowest BCUT2D eigenvalue weighted by Crippen LogP contribution is -2.26. The molecule has 0 bridgehead atoms. The molecule has 0 amide bonds. The van der Waals surface area contributed by atoms with E-state index in [1.165, 1.54) is 44.9 Å². The first kappa shape index (κ1) is 17.4. The van der Waals surface area contributed by atoms with E-state index in [4.69, 9.17) is 0 Å². The van der Waals surface area contributed by atoms with Crippen LogP contribution < -0.4 is 0 Å². The van der Waals surface area contributed by atoms with E-state index < -0.39 is 6.61 Å². The smallest absolute Gasteiger partial charge is 0.320 e. The van der Waals surface area contributed by atoms with Gasteiger partial charge >= 0.3 is 6.61 Å². The van der Waals surface area contributed by atoms with Gasteiger partial charge in [0.15, 0.2) is 0 Å². The molecule has 0 spiro atoms. The number of allylic oxidation sites excluding steroid dienone is 2. The van der Waals surface area contributed by atoms with Crippen molar-refractivity contribution >= 4 is 0 Å². The van der Waals surface area contributed by atoms with Crippen molar-refractivity contribution in [1.82, 2.24) is 0 Å². The Bertz CT molecular complexity index is 390. The molecule has 3 heteroatoms. The summed E-state index contributed by atoms with van der Waals surface area (Å²) in [6.07, 6.45) is 15.6. The van der Waals surface area contributed by atoms with E-state index in [0.717, 1.165) is 43.4 Å². The largest absolute Gasteiger partial charge is 0.345 e. The molecule has 1 atom stereocenters. The molecule has 0 aromatic heterocycles. The molecule has 0 heterocycles. The molecule has 0 saturated heterocycles. The van der Waals surface area contributed by atoms with E-state index in [-0.39, 0.29) is 6.10 Å². The first-order chi connectivity index (χ1) is 11.1. The minimum Gasteiger partial charge on any atom is -0.320 e. The highest BCUT2D eigenvalue weighted by Gasteiger charge is 2.31. The molecule has 132 valence electrons. The summed E-state index contributed by atoms with van der Waals surface area (Å²) >= 11 is 0. The molecular formula is C20H32F2O. The molecule has 23 heavy (non-hydrogen) atoms. The molecular weight excluding hydrogens is 294 g/mol. The van der Waals surface area contributed by atoms with Crippen LogP contribution in [0.15, 0.2) is 11.6 Å². The van der Waals surface area contributed by atoms with Gasteiger partial charge in [-0.3, -0.25) is 0 Å². The Labute approximate surface area is 139 Å². The van der Waals surface area contributed by atoms with Crippen LogP contribution >= 0.6 is 0 Å². The van der Waals surface area contributed by atoms with Gasteiger partial charge in [-0.15, -0.1) is 0 Å². The lowest BCUT2D eigenvalue weighted by Gasteiger charge is -2.37. The average molecular weight is 326 g/mol. The minimum atomic E-state index is -2.61. The first-order valence-corrected chi connectivity index (χ1v) is 9.74. The highest BCUT2D eigenvalue weighted by Crippen LogP contribution is 2.42. The molecule has 0 aromatic rings. The molecule has 0 aliphatic heterocycles. The molecule has 1 unspecified atom stereocenters. The number of rotatable bonds is 4. The Morgan fingerprint density at radius 1 is 0.913 bits per heavy atom. The van der Waals surface area contributed by atoms with E-state index in [1.54, 1.807) is 5.57 Å². The first-order valence-electron chi connectivity index (χ1n) is 9.74. The van der Waals surface area contributed by atoms with Crippen molar-refractivity contribution in [3.05, 3.63) is 11.6 Å². The van der Waals surface area contributed by atoms with Crippen molar-refractivity contribution in [3.63, 3.8) is 0 Å². The van der Waals surface area contributed by atoms with Crippen molar-refractivity contribution in [2.75, 3.05) is 0 Å². The topological polar surface area (TPSA) is 9.23 Å². The third-order valence-corrected chi connectivity index (χ3v) is 6.71. The molecule has 2 fully saturated rings. The maximum Gasteiger partial charge on any atom is 0.345 e. The second kappa shape index (κ2) is 8.09. The zero-order valence-corrected chi connectivity index (χ0v) is 14.5. The SMILES string of the molecule is CC1CCC(C2CC=C(C3CCC(OC(F)F)CC3)CC2)CC1. The average Bonchev–Trinajstić information content (AvgIpc) is 2.56. The van der Waals surface area contributed by atoms with Gasteiger partial charge in [-0.05, 0) is 81.5 Å². The van der Waals surface area contributed by atoms with Crippen molar-refractivity contribution in [2.45, 2.75) is 90.3 Å². The Hall–Kier alpha value is -0.440. The molecule has 0 radical (unpaired) electrons. The molecule has 3 aliphatic rings. The zero-order chi connectivity index (χ0) is 16.2. The van der Waals surface area contributed by atoms with Gasteiger partial charge in [0, 0.05) is 0 Å². The van der Waals surface area contributed by atoms with Gasteiger partial charge in [0.05, 0.1) is 6.10 Å². The fraction of sp³-hybridized carbons (Fsp3) is 0.900. The minimum absolute atomic E-state index is 0.215. The summed E-state index contributed by atoms with van der Waals surface area (Å²) in [5.41, 5.74) is 1.63. The van der Waals surface area contributed by atoms with Crippen molar-refractivity contribution in [1.29, 1.82) is 0 Å². The Balaban J connectivity index is 1.44. The van der Waals surface area contributed by atoms with Crippen LogP contribution in [0.5, 0.6) is 0 Å². The Morgan fingerprint density at radius 3 is 2.17 bits per heavy atom. The van der Waals surface area contributed by atoms with Gasteiger partial charge in [0.25, 0.3) is 0 Å². The lowest BCUT2D eigenvalue weighted by atomic mass is 9.69. The van der Waals surface area contributed by atoms with Crippen molar-refractivity contribution in [2.24, 2.45) is 23.7 Å². The molecule has 0 N–H and O–H groups in total. The summed E-state index contributed by atoms with van der Waals surface area (Å²) in [5.74, 6) is 3.44. The zero-order valence-electron chi connectivity index (χ0n) is 14.5. The summed E-state index contributed by atoms with van der Waals surface area (Å²) < 4.78 is 29.2. The summed E-state index contributed by atoms with van der Waals surface area (Å²) in [7, 11) is 0. The van der Waals surface area contributed by atoms with Gasteiger partial charge in [-0.2, -0.15) is 8.78 Å². The second-order valence-corrected chi connectivity index (χ2v) is 8.20. The normalized spacial score (nSPS) is 39.3. The van der Waals surface area contributed by atoms with Gasteiger partial charge in [0.1, 0.15) is 0 Å². The third-order valence-electron chi connectivity index (χ3n) is 6.71. The highest BCUT2D eigenvalue weighted by molar-refractivity contribution is 5.12. The van der Waals surface area contributed by atoms with Gasteiger partial charge in [-0.1, -0.05) is 31.4 Å². The summed E-state index contributed by atoms with van der Waals surface area (Å²) in [5, 5.41) is 0. The predicted molar refractivity (Wildman–Crippen MR) is 89.4 cm³/mol. The third kappa shape index (κ3) is 4.78. The van der Waals surface area contributed by atoms with E-state index >= 15 is 0 Å². The second-order valence-electron chi connectivity index (χ2n) is 8.20. The Kier molecular flexibility index (Phi) is 6.12. The number of hydrogen-bond donors (Lipinski definition) is 0. The quantitative estimate of drug-likeness (QED) is 0.548. The maximum atomic E-state index is 12.3. The standard InChI is InChI=1S/C20H32F2O/c1-14-2-4-15(5-3-14)16-6-8-17(9-7-16)18-10-12-19(13-11-18)23-20(21)22/h8,14-16,18-20H,2-7,9-13H2,1H3. The van der Waals surface area contributed by atoms with Crippen LogP contribution in [0.25, 0.3) is 0 Å². The van der Waals surface area contributed by atoms with Crippen molar-refractivity contribution < 1.29 is 13.5 Å². The van der Waals surface area contributed by atoms with Crippen LogP contribution in [0.2, 0.25) is 0 Å². The van der Waals surface area contributed by atoms with Crippen molar-refractivity contribution in [3.8, 4) is 0 Å². The monoisotopic (exact) mass is 326 g/mol. The summed E-state index contributed by atoms with van der Waals surface area (Å²) in [6, 6.07) is 0. The van der Waals surface area contributed by atoms with Gasteiger partial charge in [0.2, 0.25) is 0 Å². The van der Waals surface area contributed by atoms with Crippen LogP contribution in [0.4, 0.5) is 8.78 Å². The van der Waals surface area contributed by atoms with Crippen LogP contribution in [0.3, 0.4) is 0 Å². The van der Waals surface area contributed by atoms with Crippen LogP contribution in [0.1, 0.15) is 77.6 Å². The molecule has 3 aliphatic carbocycles. The molecule has 1 nitrogen and oxygen atoms in total. The Morgan fingerprint density at radius 2 is 1.61 bits per heavy atom. The fourth-order valence-corrected chi connectivity index (χ4v) is 5.15. The van der Waals surface area contributed by atoms with E-state index in [2.05, 4.69) is 17.7 Å². The molecule has 3 rings (SSSR count). The van der Waals surface area contributed by atoms with Crippen LogP contribution in [0, 0.1) is 23.7 Å². The molecule has 0 aromatic carbocycles. The predicted octanol–water partition coefficient (Wildman–Crippen LogP) is 6.34. The van der Waals surface area contributed by atoms with E-state index in [0.29, 0.717) is 5.92 Å². The van der Waals surface area contributed by atoms with E-state index in [9.17, 15) is 8.78 Å². The number of hydrogen-bond acceptors (Lipinski definition) is 1. The lowest BCUT2D eigenvalue weighted by molar-refractivity contribution is -0.170. The molecule has 2 saturated carbocycles. The number of ether oxygens (including phenoxy) is 1. The number of alkyl halides is 2. The summed E-state index contributed by atoms with van der Waals surface area (Å²) in [6.45, 7) is -0.215. The van der Waals surface area contributed by atoms with Crippen LogP contribution in [-0.2, 0) is 4.74 Å². The maximum absolute atomic E-state index is 12.3. The number of halogens is 2. The van der Waals surface area contributed by atoms with Gasteiger partial charge < -0.3 is 4.74 Å². The van der Waals surface area contributed by atoms with Gasteiger partial charge in [-0.25, -0.2) is 0 Å². The fourth-order valence-electron chi connectivity index (χ4n) is 5.15. The highest BCUT2D eigenvalue weighted by atomic mass is 19.3. The summed E-state index contributed by atoms with van der Waals surface area (Å²) in [4.78, 5) is 0.